The molecule has 0 N–H and O–H groups in total. The van der Waals surface area contributed by atoms with Crippen molar-refractivity contribution in [3.05, 3.63) is 22.4 Å². The van der Waals surface area contributed by atoms with Gasteiger partial charge in [0.25, 0.3) is 5.91 Å². The number of carbonyl (C=O) groups is 1. The van der Waals surface area contributed by atoms with Crippen LogP contribution in [0.1, 0.15) is 16.1 Å². The van der Waals surface area contributed by atoms with Crippen molar-refractivity contribution < 1.29 is 4.79 Å². The van der Waals surface area contributed by atoms with E-state index in [1.54, 1.807) is 0 Å². The van der Waals surface area contributed by atoms with E-state index < -0.39 is 0 Å². The van der Waals surface area contributed by atoms with Gasteiger partial charge in [-0.3, -0.25) is 9.69 Å². The third-order valence-electron chi connectivity index (χ3n) is 2.90. The van der Waals surface area contributed by atoms with Gasteiger partial charge >= 0.3 is 0 Å². The molecule has 0 spiro atoms. The highest BCUT2D eigenvalue weighted by Crippen LogP contribution is 2.13. The number of nitrogens with zero attached hydrogens (tertiary/aromatic N) is 3. The first-order chi connectivity index (χ1) is 8.31. The predicted octanol–water partition coefficient (Wildman–Crippen LogP) is 1.42. The van der Waals surface area contributed by atoms with Gasteiger partial charge in [-0.15, -0.1) is 11.3 Å². The summed E-state index contributed by atoms with van der Waals surface area (Å²) in [6.07, 6.45) is 0.943. The van der Waals surface area contributed by atoms with Gasteiger partial charge in [0.15, 0.2) is 0 Å². The van der Waals surface area contributed by atoms with E-state index in [4.69, 9.17) is 5.26 Å². The molecule has 1 aliphatic rings. The van der Waals surface area contributed by atoms with Crippen molar-refractivity contribution in [3.8, 4) is 6.07 Å². The van der Waals surface area contributed by atoms with Crippen LogP contribution in [0, 0.1) is 11.3 Å². The normalized spacial score (nSPS) is 17.5. The summed E-state index contributed by atoms with van der Waals surface area (Å²) in [7, 11) is 0. The molecule has 1 fully saturated rings. The molecule has 0 unspecified atom stereocenters. The molecule has 1 aliphatic heterocycles. The quantitative estimate of drug-likeness (QED) is 0.745. The fraction of sp³-hybridized carbons (Fsp3) is 0.500. The van der Waals surface area contributed by atoms with E-state index >= 15 is 0 Å². The summed E-state index contributed by atoms with van der Waals surface area (Å²) in [5.74, 6) is 0.124. The van der Waals surface area contributed by atoms with Crippen molar-refractivity contribution in [2.45, 2.75) is 6.42 Å². The molecule has 1 amide bonds. The van der Waals surface area contributed by atoms with Gasteiger partial charge < -0.3 is 4.90 Å². The first kappa shape index (κ1) is 12.1. The van der Waals surface area contributed by atoms with Crippen molar-refractivity contribution in [1.82, 2.24) is 9.80 Å². The Kier molecular flexibility index (Phi) is 4.13. The smallest absolute Gasteiger partial charge is 0.263 e. The maximum absolute atomic E-state index is 12.1. The maximum Gasteiger partial charge on any atom is 0.263 e. The molecule has 90 valence electrons. The first-order valence-electron chi connectivity index (χ1n) is 5.73. The van der Waals surface area contributed by atoms with E-state index in [1.807, 2.05) is 22.4 Å². The van der Waals surface area contributed by atoms with Crippen LogP contribution in [0.2, 0.25) is 0 Å². The van der Waals surface area contributed by atoms with Gasteiger partial charge in [-0.2, -0.15) is 5.26 Å². The Morgan fingerprint density at radius 2 is 2.29 bits per heavy atom. The van der Waals surface area contributed by atoms with Crippen LogP contribution in [-0.2, 0) is 0 Å². The second-order valence-corrected chi connectivity index (χ2v) is 5.01. The van der Waals surface area contributed by atoms with Gasteiger partial charge in [0, 0.05) is 26.2 Å². The van der Waals surface area contributed by atoms with Crippen molar-refractivity contribution in [3.63, 3.8) is 0 Å². The fourth-order valence-electron chi connectivity index (χ4n) is 1.99. The monoisotopic (exact) mass is 249 g/mol. The third kappa shape index (κ3) is 3.05. The summed E-state index contributed by atoms with van der Waals surface area (Å²) >= 11 is 1.49. The molecule has 1 aromatic heterocycles. The van der Waals surface area contributed by atoms with Gasteiger partial charge in [-0.05, 0) is 17.9 Å². The van der Waals surface area contributed by atoms with Gasteiger partial charge in [0.05, 0.1) is 17.5 Å². The summed E-state index contributed by atoms with van der Waals surface area (Å²) < 4.78 is 0. The van der Waals surface area contributed by atoms with Crippen LogP contribution in [-0.4, -0.2) is 48.4 Å². The molecule has 0 atom stereocenters. The lowest BCUT2D eigenvalue weighted by atomic mass is 10.3. The molecule has 2 heterocycles. The molecular formula is C12H15N3OS. The highest BCUT2D eigenvalue weighted by molar-refractivity contribution is 7.12. The first-order valence-corrected chi connectivity index (χ1v) is 6.61. The van der Waals surface area contributed by atoms with Gasteiger partial charge in [-0.25, -0.2) is 0 Å². The number of amides is 1. The minimum Gasteiger partial charge on any atom is -0.337 e. The lowest BCUT2D eigenvalue weighted by Gasteiger charge is -2.20. The molecule has 4 nitrogen and oxygen atoms in total. The standard InChI is InChI=1S/C12H15N3OS/c13-4-7-14-5-2-6-15(9-8-14)12(16)11-3-1-10-17-11/h1,3,10H,2,5-9H2. The Balaban J connectivity index is 1.95. The SMILES string of the molecule is N#CCN1CCCN(C(=O)c2cccs2)CC1. The molecule has 0 radical (unpaired) electrons. The van der Waals surface area contributed by atoms with Crippen LogP contribution in [0.25, 0.3) is 0 Å². The van der Waals surface area contributed by atoms with Crippen molar-refractivity contribution in [1.29, 1.82) is 5.26 Å². The lowest BCUT2D eigenvalue weighted by Crippen LogP contribution is -2.34. The highest BCUT2D eigenvalue weighted by Gasteiger charge is 2.20. The largest absolute Gasteiger partial charge is 0.337 e. The summed E-state index contributed by atoms with van der Waals surface area (Å²) in [6.45, 7) is 3.67. The van der Waals surface area contributed by atoms with Crippen LogP contribution < -0.4 is 0 Å². The second kappa shape index (κ2) is 5.80. The van der Waals surface area contributed by atoms with Gasteiger partial charge in [0.1, 0.15) is 0 Å². The van der Waals surface area contributed by atoms with Crippen molar-refractivity contribution in [2.24, 2.45) is 0 Å². The van der Waals surface area contributed by atoms with E-state index in [2.05, 4.69) is 11.0 Å². The minimum absolute atomic E-state index is 0.124. The van der Waals surface area contributed by atoms with E-state index in [1.165, 1.54) is 11.3 Å². The molecule has 1 aromatic rings. The van der Waals surface area contributed by atoms with Gasteiger partial charge in [-0.1, -0.05) is 6.07 Å². The topological polar surface area (TPSA) is 47.3 Å². The zero-order valence-corrected chi connectivity index (χ0v) is 10.4. The number of hydrogen-bond acceptors (Lipinski definition) is 4. The summed E-state index contributed by atoms with van der Waals surface area (Å²) in [5, 5.41) is 10.6. The Hall–Kier alpha value is -1.38. The molecule has 5 heteroatoms. The molecule has 2 rings (SSSR count). The molecule has 0 aliphatic carbocycles. The van der Waals surface area contributed by atoms with Crippen LogP contribution in [0.5, 0.6) is 0 Å². The molecule has 0 saturated carbocycles. The predicted molar refractivity (Wildman–Crippen MR) is 66.9 cm³/mol. The number of rotatable bonds is 2. The molecular weight excluding hydrogens is 234 g/mol. The van der Waals surface area contributed by atoms with Crippen molar-refractivity contribution in [2.75, 3.05) is 32.7 Å². The van der Waals surface area contributed by atoms with Gasteiger partial charge in [0.2, 0.25) is 0 Å². The lowest BCUT2D eigenvalue weighted by molar-refractivity contribution is 0.0767. The van der Waals surface area contributed by atoms with E-state index in [0.29, 0.717) is 6.54 Å². The van der Waals surface area contributed by atoms with Crippen LogP contribution in [0.3, 0.4) is 0 Å². The van der Waals surface area contributed by atoms with Crippen molar-refractivity contribution >= 4 is 17.2 Å². The number of hydrogen-bond donors (Lipinski definition) is 0. The van der Waals surface area contributed by atoms with Crippen LogP contribution in [0.15, 0.2) is 17.5 Å². The second-order valence-electron chi connectivity index (χ2n) is 4.06. The Morgan fingerprint density at radius 1 is 1.41 bits per heavy atom. The molecule has 1 saturated heterocycles. The highest BCUT2D eigenvalue weighted by atomic mass is 32.1. The zero-order valence-electron chi connectivity index (χ0n) is 9.63. The summed E-state index contributed by atoms with van der Waals surface area (Å²) in [5.41, 5.74) is 0. The minimum atomic E-state index is 0.124. The number of thiophene rings is 1. The Morgan fingerprint density at radius 3 is 3.00 bits per heavy atom. The molecule has 17 heavy (non-hydrogen) atoms. The maximum atomic E-state index is 12.1. The molecule has 0 bridgehead atoms. The number of carbonyl (C=O) groups excluding carboxylic acids is 1. The third-order valence-corrected chi connectivity index (χ3v) is 3.76. The Bertz CT molecular complexity index is 410. The van der Waals surface area contributed by atoms with Crippen LogP contribution in [0.4, 0.5) is 0 Å². The average molecular weight is 249 g/mol. The van der Waals surface area contributed by atoms with E-state index in [-0.39, 0.29) is 5.91 Å². The number of nitriles is 1. The Labute approximate surface area is 105 Å². The van der Waals surface area contributed by atoms with E-state index in [0.717, 1.165) is 37.5 Å². The summed E-state index contributed by atoms with van der Waals surface area (Å²) in [4.78, 5) is 16.9. The average Bonchev–Trinajstić information content (AvgIpc) is 2.76. The fourth-order valence-corrected chi connectivity index (χ4v) is 2.68. The zero-order chi connectivity index (χ0) is 12.1. The van der Waals surface area contributed by atoms with Crippen LogP contribution >= 0.6 is 11.3 Å². The van der Waals surface area contributed by atoms with E-state index in [9.17, 15) is 4.79 Å². The molecule has 0 aromatic carbocycles. The summed E-state index contributed by atoms with van der Waals surface area (Å²) in [6, 6.07) is 5.93.